The van der Waals surface area contributed by atoms with Gasteiger partial charge in [0.25, 0.3) is 0 Å². The van der Waals surface area contributed by atoms with E-state index in [-0.39, 0.29) is 16.0 Å². The number of aliphatic carboxylic acids is 1. The third-order valence-electron chi connectivity index (χ3n) is 3.14. The third kappa shape index (κ3) is 2.87. The first-order valence-corrected chi connectivity index (χ1v) is 7.04. The zero-order valence-corrected chi connectivity index (χ0v) is 11.8. The second-order valence-corrected chi connectivity index (χ2v) is 6.94. The van der Waals surface area contributed by atoms with E-state index in [0.29, 0.717) is 6.54 Å². The zero-order chi connectivity index (χ0) is 13.3. The molecule has 2 N–H and O–H groups in total. The average molecular weight is 265 g/mol. The first kappa shape index (κ1) is 13.4. The molecule has 0 amide bonds. The predicted molar refractivity (Wildman–Crippen MR) is 74.9 cm³/mol. The highest BCUT2D eigenvalue weighted by Gasteiger charge is 2.30. The van der Waals surface area contributed by atoms with Crippen LogP contribution < -0.4 is 5.32 Å². The van der Waals surface area contributed by atoms with Crippen LogP contribution in [0.15, 0.2) is 24.3 Å². The predicted octanol–water partition coefficient (Wildman–Crippen LogP) is 2.77. The minimum atomic E-state index is -0.735. The van der Waals surface area contributed by atoms with Gasteiger partial charge in [-0.15, -0.1) is 11.8 Å². The number of rotatable bonds is 2. The number of carboxylic acid groups (broad SMARTS) is 1. The summed E-state index contributed by atoms with van der Waals surface area (Å²) in [6.07, 6.45) is 0. The van der Waals surface area contributed by atoms with Gasteiger partial charge in [-0.05, 0) is 16.5 Å². The molecule has 0 aromatic heterocycles. The molecular formula is C14H19NO2S. The van der Waals surface area contributed by atoms with Gasteiger partial charge in [0, 0.05) is 6.54 Å². The Morgan fingerprint density at radius 3 is 2.39 bits per heavy atom. The van der Waals surface area contributed by atoms with E-state index in [1.165, 1.54) is 17.3 Å². The average Bonchev–Trinajstić information content (AvgIpc) is 2.77. The lowest BCUT2D eigenvalue weighted by Crippen LogP contribution is -2.21. The number of carbonyl (C=O) groups is 1. The van der Waals surface area contributed by atoms with Crippen LogP contribution in [0.1, 0.15) is 37.3 Å². The van der Waals surface area contributed by atoms with Gasteiger partial charge in [-0.2, -0.15) is 0 Å². The molecule has 1 aromatic rings. The number of benzene rings is 1. The van der Waals surface area contributed by atoms with Gasteiger partial charge in [0.15, 0.2) is 0 Å². The molecule has 0 aliphatic carbocycles. The molecule has 1 aliphatic rings. The van der Waals surface area contributed by atoms with Crippen molar-refractivity contribution in [3.05, 3.63) is 35.4 Å². The fourth-order valence-corrected chi connectivity index (χ4v) is 3.12. The van der Waals surface area contributed by atoms with Crippen molar-refractivity contribution >= 4 is 17.7 Å². The van der Waals surface area contributed by atoms with E-state index in [4.69, 9.17) is 5.11 Å². The molecule has 1 saturated heterocycles. The van der Waals surface area contributed by atoms with Crippen LogP contribution in [0.25, 0.3) is 0 Å². The van der Waals surface area contributed by atoms with Crippen LogP contribution in [-0.4, -0.2) is 22.9 Å². The van der Waals surface area contributed by atoms with Gasteiger partial charge < -0.3 is 5.11 Å². The van der Waals surface area contributed by atoms with Gasteiger partial charge in [-0.1, -0.05) is 45.0 Å². The standard InChI is InChI=1S/C14H19NO2S/c1-14(2,3)10-6-4-9(5-7-10)12-15-8-11(18-12)13(16)17/h4-7,11-12,15H,8H2,1-3H3,(H,16,17)/t11-,12-/m1/s1. The molecule has 0 bridgehead atoms. The summed E-state index contributed by atoms with van der Waals surface area (Å²) in [5.41, 5.74) is 2.60. The topological polar surface area (TPSA) is 49.3 Å². The van der Waals surface area contributed by atoms with E-state index < -0.39 is 5.97 Å². The summed E-state index contributed by atoms with van der Waals surface area (Å²) >= 11 is 1.47. The number of nitrogens with one attached hydrogen (secondary N) is 1. The molecule has 4 heteroatoms. The van der Waals surface area contributed by atoms with Crippen molar-refractivity contribution in [2.75, 3.05) is 6.54 Å². The largest absolute Gasteiger partial charge is 0.480 e. The second kappa shape index (κ2) is 4.94. The van der Waals surface area contributed by atoms with Crippen LogP contribution in [0, 0.1) is 0 Å². The summed E-state index contributed by atoms with van der Waals surface area (Å²) in [7, 11) is 0. The molecular weight excluding hydrogens is 246 g/mol. The minimum absolute atomic E-state index is 0.0973. The Balaban J connectivity index is 2.10. The molecule has 0 spiro atoms. The SMILES string of the molecule is CC(C)(C)c1ccc([C@@H]2NC[C@H](C(=O)O)S2)cc1. The van der Waals surface area contributed by atoms with E-state index in [9.17, 15) is 4.79 Å². The minimum Gasteiger partial charge on any atom is -0.480 e. The third-order valence-corrected chi connectivity index (χ3v) is 4.55. The number of thioether (sulfide) groups is 1. The van der Waals surface area contributed by atoms with Gasteiger partial charge in [-0.3, -0.25) is 10.1 Å². The number of carboxylic acids is 1. The zero-order valence-electron chi connectivity index (χ0n) is 10.9. The summed E-state index contributed by atoms with van der Waals surface area (Å²) in [5.74, 6) is -0.735. The summed E-state index contributed by atoms with van der Waals surface area (Å²) in [6.45, 7) is 7.09. The van der Waals surface area contributed by atoms with Crippen molar-refractivity contribution in [2.24, 2.45) is 0 Å². The quantitative estimate of drug-likeness (QED) is 0.863. The fourth-order valence-electron chi connectivity index (χ4n) is 1.97. The van der Waals surface area contributed by atoms with Crippen molar-refractivity contribution in [3.8, 4) is 0 Å². The molecule has 2 rings (SSSR count). The smallest absolute Gasteiger partial charge is 0.318 e. The molecule has 98 valence electrons. The molecule has 1 aliphatic heterocycles. The molecule has 1 heterocycles. The van der Waals surface area contributed by atoms with E-state index in [0.717, 1.165) is 5.56 Å². The van der Waals surface area contributed by atoms with Crippen molar-refractivity contribution < 1.29 is 9.90 Å². The Hall–Kier alpha value is -1.00. The van der Waals surface area contributed by atoms with Gasteiger partial charge >= 0.3 is 5.97 Å². The maximum Gasteiger partial charge on any atom is 0.318 e. The van der Waals surface area contributed by atoms with Crippen molar-refractivity contribution in [1.29, 1.82) is 0 Å². The molecule has 0 unspecified atom stereocenters. The monoisotopic (exact) mass is 265 g/mol. The Morgan fingerprint density at radius 1 is 1.33 bits per heavy atom. The Morgan fingerprint density at radius 2 is 1.94 bits per heavy atom. The first-order valence-electron chi connectivity index (χ1n) is 6.10. The highest BCUT2D eigenvalue weighted by molar-refractivity contribution is 8.01. The van der Waals surface area contributed by atoms with Gasteiger partial charge in [0.05, 0.1) is 5.37 Å². The lowest BCUT2D eigenvalue weighted by molar-refractivity contribution is -0.136. The molecule has 0 saturated carbocycles. The highest BCUT2D eigenvalue weighted by Crippen LogP contribution is 2.35. The van der Waals surface area contributed by atoms with Gasteiger partial charge in [0.2, 0.25) is 0 Å². The van der Waals surface area contributed by atoms with E-state index >= 15 is 0 Å². The van der Waals surface area contributed by atoms with Crippen LogP contribution in [0.4, 0.5) is 0 Å². The number of hydrogen-bond acceptors (Lipinski definition) is 3. The summed E-state index contributed by atoms with van der Waals surface area (Å²) in [4.78, 5) is 10.9. The van der Waals surface area contributed by atoms with E-state index in [1.54, 1.807) is 0 Å². The highest BCUT2D eigenvalue weighted by atomic mass is 32.2. The molecule has 1 aromatic carbocycles. The molecule has 0 radical (unpaired) electrons. The van der Waals surface area contributed by atoms with Crippen LogP contribution >= 0.6 is 11.8 Å². The van der Waals surface area contributed by atoms with Crippen molar-refractivity contribution in [1.82, 2.24) is 5.32 Å². The van der Waals surface area contributed by atoms with Crippen LogP contribution in [0.2, 0.25) is 0 Å². The normalized spacial score (nSPS) is 24.2. The maximum atomic E-state index is 10.9. The van der Waals surface area contributed by atoms with Crippen LogP contribution in [0.5, 0.6) is 0 Å². The fraction of sp³-hybridized carbons (Fsp3) is 0.500. The van der Waals surface area contributed by atoms with Crippen molar-refractivity contribution in [3.63, 3.8) is 0 Å². The molecule has 2 atom stereocenters. The Kier molecular flexibility index (Phi) is 3.69. The number of hydrogen-bond donors (Lipinski definition) is 2. The molecule has 1 fully saturated rings. The van der Waals surface area contributed by atoms with Crippen LogP contribution in [-0.2, 0) is 10.2 Å². The van der Waals surface area contributed by atoms with Crippen LogP contribution in [0.3, 0.4) is 0 Å². The molecule has 18 heavy (non-hydrogen) atoms. The summed E-state index contributed by atoms with van der Waals surface area (Å²) < 4.78 is 0. The lowest BCUT2D eigenvalue weighted by Gasteiger charge is -2.20. The van der Waals surface area contributed by atoms with Crippen molar-refractivity contribution in [2.45, 2.75) is 36.8 Å². The van der Waals surface area contributed by atoms with E-state index in [1.807, 2.05) is 0 Å². The maximum absolute atomic E-state index is 10.9. The first-order chi connectivity index (χ1) is 8.38. The summed E-state index contributed by atoms with van der Waals surface area (Å²) in [6, 6.07) is 8.45. The Bertz CT molecular complexity index is 436. The summed E-state index contributed by atoms with van der Waals surface area (Å²) in [5, 5.41) is 12.0. The Labute approximate surface area is 112 Å². The van der Waals surface area contributed by atoms with Gasteiger partial charge in [-0.25, -0.2) is 0 Å². The molecule has 3 nitrogen and oxygen atoms in total. The second-order valence-electron chi connectivity index (χ2n) is 5.62. The van der Waals surface area contributed by atoms with Gasteiger partial charge in [0.1, 0.15) is 5.25 Å². The van der Waals surface area contributed by atoms with E-state index in [2.05, 4.69) is 50.4 Å². The lowest BCUT2D eigenvalue weighted by atomic mass is 9.87.